The van der Waals surface area contributed by atoms with Crippen molar-refractivity contribution in [1.29, 1.82) is 0 Å². The van der Waals surface area contributed by atoms with Gasteiger partial charge in [-0.2, -0.15) is 0 Å². The van der Waals surface area contributed by atoms with Crippen molar-refractivity contribution in [2.24, 2.45) is 0 Å². The zero-order valence-electron chi connectivity index (χ0n) is 23.6. The lowest BCUT2D eigenvalue weighted by atomic mass is 9.82. The number of benzene rings is 2. The third kappa shape index (κ3) is 5.96. The van der Waals surface area contributed by atoms with Crippen molar-refractivity contribution in [3.05, 3.63) is 59.2 Å². The Kier molecular flexibility index (Phi) is 9.13. The molecule has 2 aromatic rings. The Morgan fingerprint density at radius 3 is 2.46 bits per heavy atom. The van der Waals surface area contributed by atoms with Gasteiger partial charge >= 0.3 is 0 Å². The Morgan fingerprint density at radius 2 is 1.81 bits per heavy atom. The van der Waals surface area contributed by atoms with Crippen LogP contribution in [-0.2, 0) is 10.0 Å². The molecule has 4 rings (SSSR count). The second-order valence-corrected chi connectivity index (χ2v) is 13.2. The van der Waals surface area contributed by atoms with Crippen molar-refractivity contribution in [2.45, 2.75) is 84.2 Å². The molecule has 0 radical (unpaired) electrons. The Morgan fingerprint density at radius 1 is 1.08 bits per heavy atom. The van der Waals surface area contributed by atoms with Crippen LogP contribution in [0.3, 0.4) is 0 Å². The molecule has 0 bridgehead atoms. The number of unbranched alkanes of at least 4 members (excludes halogenated alkanes) is 1. The Balaban J connectivity index is 1.25. The summed E-state index contributed by atoms with van der Waals surface area (Å²) in [5.74, 6) is 0.567. The van der Waals surface area contributed by atoms with Crippen LogP contribution >= 0.6 is 0 Å². The highest BCUT2D eigenvalue weighted by Gasteiger charge is 2.40. The fourth-order valence-electron chi connectivity index (χ4n) is 5.95. The third-order valence-electron chi connectivity index (χ3n) is 8.56. The van der Waals surface area contributed by atoms with Gasteiger partial charge in [0.25, 0.3) is 0 Å². The highest BCUT2D eigenvalue weighted by molar-refractivity contribution is 7.89. The predicted octanol–water partition coefficient (Wildman–Crippen LogP) is 5.13. The minimum Gasteiger partial charge on any atom is -0.299 e. The summed E-state index contributed by atoms with van der Waals surface area (Å²) in [7, 11) is -3.34. The van der Waals surface area contributed by atoms with Crippen molar-refractivity contribution < 1.29 is 8.42 Å². The first-order chi connectivity index (χ1) is 17.6. The molecule has 0 saturated carbocycles. The zero-order chi connectivity index (χ0) is 26.7. The number of likely N-dealkylation sites (tertiary alicyclic amines) is 1. The van der Waals surface area contributed by atoms with Gasteiger partial charge in [-0.15, -0.1) is 0 Å². The monoisotopic (exact) mass is 526 g/mol. The topological polar surface area (TPSA) is 55.9 Å². The first-order valence-corrected chi connectivity index (χ1v) is 15.6. The van der Waals surface area contributed by atoms with Gasteiger partial charge < -0.3 is 0 Å². The van der Waals surface area contributed by atoms with Crippen LogP contribution in [0.1, 0.15) is 69.6 Å². The predicted molar refractivity (Wildman–Crippen MR) is 154 cm³/mol. The first kappa shape index (κ1) is 28.2. The maximum Gasteiger partial charge on any atom is 0.231 e. The minimum absolute atomic E-state index is 0.157. The zero-order valence-corrected chi connectivity index (χ0v) is 24.4. The molecule has 204 valence electrons. The van der Waals surface area contributed by atoms with E-state index in [1.165, 1.54) is 27.8 Å². The summed E-state index contributed by atoms with van der Waals surface area (Å²) in [5, 5.41) is 1.46. The molecule has 3 atom stereocenters. The van der Waals surface area contributed by atoms with Crippen molar-refractivity contribution in [1.82, 2.24) is 19.6 Å². The number of hydrazine groups is 1. The molecule has 0 amide bonds. The molecular formula is C30H46N4O2S. The summed E-state index contributed by atoms with van der Waals surface area (Å²) in [5.41, 5.74) is 9.95. The van der Waals surface area contributed by atoms with Crippen LogP contribution in [0.25, 0.3) is 11.1 Å². The number of aryl methyl sites for hydroxylation is 1. The van der Waals surface area contributed by atoms with Crippen molar-refractivity contribution in [2.75, 3.05) is 32.7 Å². The smallest absolute Gasteiger partial charge is 0.231 e. The summed E-state index contributed by atoms with van der Waals surface area (Å²) in [6.45, 7) is 16.7. The molecule has 0 spiro atoms. The summed E-state index contributed by atoms with van der Waals surface area (Å²) in [6, 6.07) is 16.3. The van der Waals surface area contributed by atoms with Gasteiger partial charge in [0.1, 0.15) is 5.37 Å². The molecule has 2 saturated heterocycles. The van der Waals surface area contributed by atoms with Gasteiger partial charge in [0, 0.05) is 44.2 Å². The van der Waals surface area contributed by atoms with Gasteiger partial charge in [-0.3, -0.25) is 10.3 Å². The molecular weight excluding hydrogens is 480 g/mol. The van der Waals surface area contributed by atoms with Crippen LogP contribution in [0.15, 0.2) is 42.5 Å². The van der Waals surface area contributed by atoms with Gasteiger partial charge in [0.2, 0.25) is 10.0 Å². The average molecular weight is 527 g/mol. The Bertz CT molecular complexity index is 1150. The third-order valence-corrected chi connectivity index (χ3v) is 10.9. The van der Waals surface area contributed by atoms with E-state index in [-0.39, 0.29) is 6.04 Å². The number of sulfonamides is 1. The molecule has 0 aromatic heterocycles. The van der Waals surface area contributed by atoms with Crippen molar-refractivity contribution in [3.8, 4) is 11.1 Å². The summed E-state index contributed by atoms with van der Waals surface area (Å²) < 4.78 is 28.3. The van der Waals surface area contributed by atoms with Gasteiger partial charge in [0.05, 0.1) is 0 Å². The standard InChI is InChI=1S/C30H46N4O2S/c1-7-33(37(35,36)30-17-18-31-34(30)22(2)3)20-9-8-19-32-21-29(25(32)6)27-15-13-26(14-16-27)28-12-10-11-23(4)24(28)5/h10-16,22,25,29-31H,7-9,17-21H2,1-6H3. The highest BCUT2D eigenvalue weighted by atomic mass is 32.2. The molecule has 1 N–H and O–H groups in total. The van der Waals surface area contributed by atoms with Crippen LogP contribution < -0.4 is 5.43 Å². The molecule has 2 aliphatic rings. The van der Waals surface area contributed by atoms with E-state index in [1.54, 1.807) is 4.31 Å². The second kappa shape index (κ2) is 12.0. The van der Waals surface area contributed by atoms with E-state index >= 15 is 0 Å². The van der Waals surface area contributed by atoms with Gasteiger partial charge in [0.15, 0.2) is 0 Å². The number of hydrogen-bond acceptors (Lipinski definition) is 5. The summed E-state index contributed by atoms with van der Waals surface area (Å²) >= 11 is 0. The minimum atomic E-state index is -3.34. The lowest BCUT2D eigenvalue weighted by Gasteiger charge is -2.47. The van der Waals surface area contributed by atoms with Crippen LogP contribution in [0.5, 0.6) is 0 Å². The second-order valence-electron chi connectivity index (χ2n) is 11.1. The lowest BCUT2D eigenvalue weighted by molar-refractivity contribution is 0.0705. The highest BCUT2D eigenvalue weighted by Crippen LogP contribution is 2.35. The molecule has 7 heteroatoms. The molecule has 2 aliphatic heterocycles. The molecule has 2 fully saturated rings. The van der Waals surface area contributed by atoms with Crippen LogP contribution in [-0.4, -0.2) is 72.8 Å². The van der Waals surface area contributed by atoms with E-state index in [9.17, 15) is 8.42 Å². The maximum absolute atomic E-state index is 13.3. The van der Waals surface area contributed by atoms with Gasteiger partial charge in [-0.25, -0.2) is 17.7 Å². The van der Waals surface area contributed by atoms with Gasteiger partial charge in [-0.1, -0.05) is 49.4 Å². The molecule has 3 unspecified atom stereocenters. The Labute approximate surface area is 225 Å². The fourth-order valence-corrected chi connectivity index (χ4v) is 8.05. The summed E-state index contributed by atoms with van der Waals surface area (Å²) in [6.07, 6.45) is 2.56. The largest absolute Gasteiger partial charge is 0.299 e. The van der Waals surface area contributed by atoms with E-state index < -0.39 is 15.4 Å². The maximum atomic E-state index is 13.3. The van der Waals surface area contributed by atoms with E-state index in [4.69, 9.17) is 0 Å². The average Bonchev–Trinajstić information content (AvgIpc) is 3.38. The van der Waals surface area contributed by atoms with Crippen molar-refractivity contribution in [3.63, 3.8) is 0 Å². The molecule has 2 aromatic carbocycles. The SMILES string of the molecule is CCN(CCCCN1CC(c2ccc(-c3cccc(C)c3C)cc2)C1C)S(=O)(=O)C1CCNN1C(C)C. The van der Waals surface area contributed by atoms with Crippen LogP contribution in [0.2, 0.25) is 0 Å². The van der Waals surface area contributed by atoms with E-state index in [0.29, 0.717) is 31.5 Å². The summed E-state index contributed by atoms with van der Waals surface area (Å²) in [4.78, 5) is 2.54. The lowest BCUT2D eigenvalue weighted by Crippen LogP contribution is -2.53. The molecule has 0 aliphatic carbocycles. The normalized spacial score (nSPS) is 23.2. The van der Waals surface area contributed by atoms with Crippen molar-refractivity contribution >= 4 is 10.0 Å². The number of rotatable bonds is 11. The first-order valence-electron chi connectivity index (χ1n) is 14.1. The van der Waals surface area contributed by atoms with E-state index in [2.05, 4.69) is 73.6 Å². The van der Waals surface area contributed by atoms with Crippen LogP contribution in [0, 0.1) is 13.8 Å². The number of hydrogen-bond donors (Lipinski definition) is 1. The van der Waals surface area contributed by atoms with Gasteiger partial charge in [-0.05, 0) is 88.2 Å². The van der Waals surface area contributed by atoms with Crippen LogP contribution in [0.4, 0.5) is 0 Å². The number of nitrogens with one attached hydrogen (secondary N) is 1. The fraction of sp³-hybridized carbons (Fsp3) is 0.600. The molecule has 6 nitrogen and oxygen atoms in total. The number of nitrogens with zero attached hydrogens (tertiary/aromatic N) is 3. The van der Waals surface area contributed by atoms with E-state index in [0.717, 1.165) is 32.5 Å². The quantitative estimate of drug-likeness (QED) is 0.411. The molecule has 2 heterocycles. The Hall–Kier alpha value is -1.77. The van der Waals surface area contributed by atoms with E-state index in [1.807, 2.05) is 25.8 Å². The molecule has 37 heavy (non-hydrogen) atoms.